The van der Waals surface area contributed by atoms with Gasteiger partial charge in [0.05, 0.1) is 7.11 Å². The molecule has 0 aliphatic rings. The van der Waals surface area contributed by atoms with Crippen LogP contribution in [0.2, 0.25) is 0 Å². The highest BCUT2D eigenvalue weighted by Gasteiger charge is 2.09. The number of amides is 1. The molecule has 5 nitrogen and oxygen atoms in total. The van der Waals surface area contributed by atoms with Gasteiger partial charge in [-0.1, -0.05) is 12.1 Å². The maximum absolute atomic E-state index is 12.0. The molecule has 0 radical (unpaired) electrons. The molecule has 0 aliphatic heterocycles. The number of ether oxygens (including phenoxy) is 1. The summed E-state index contributed by atoms with van der Waals surface area (Å²) in [5.41, 5.74) is 1.18. The molecule has 0 saturated heterocycles. The van der Waals surface area contributed by atoms with Crippen LogP contribution in [0.25, 0.3) is 0 Å². The lowest BCUT2D eigenvalue weighted by atomic mass is 10.1. The minimum Gasteiger partial charge on any atom is -0.497 e. The Bertz CT molecular complexity index is 836. The second-order valence-corrected chi connectivity index (χ2v) is 6.83. The summed E-state index contributed by atoms with van der Waals surface area (Å²) in [7, 11) is 1.65. The second-order valence-electron chi connectivity index (χ2n) is 5.72. The maximum atomic E-state index is 12.0. The third-order valence-electron chi connectivity index (χ3n) is 3.73. The highest BCUT2D eigenvalue weighted by Crippen LogP contribution is 2.22. The number of rotatable bonds is 7. The topological polar surface area (TPSA) is 64.4 Å². The van der Waals surface area contributed by atoms with E-state index in [4.69, 9.17) is 9.15 Å². The van der Waals surface area contributed by atoms with Crippen molar-refractivity contribution in [2.75, 3.05) is 12.4 Å². The third kappa shape index (κ3) is 4.93. The van der Waals surface area contributed by atoms with Gasteiger partial charge in [-0.05, 0) is 36.8 Å². The fourth-order valence-corrected chi connectivity index (χ4v) is 3.29. The molecule has 0 fully saturated rings. The van der Waals surface area contributed by atoms with Gasteiger partial charge in [0.2, 0.25) is 5.91 Å². The molecular weight excluding hydrogens is 336 g/mol. The van der Waals surface area contributed by atoms with Crippen LogP contribution in [0.3, 0.4) is 0 Å². The van der Waals surface area contributed by atoms with E-state index >= 15 is 0 Å². The Morgan fingerprint density at radius 2 is 2.04 bits per heavy atom. The molecule has 2 heterocycles. The summed E-state index contributed by atoms with van der Waals surface area (Å²) in [5.74, 6) is 2.47. The van der Waals surface area contributed by atoms with Gasteiger partial charge in [-0.2, -0.15) is 0 Å². The Labute approximate surface area is 150 Å². The minimum atomic E-state index is -0.0561. The quantitative estimate of drug-likeness (QED) is 0.688. The molecule has 1 aromatic carbocycles. The number of aryl methyl sites for hydroxylation is 2. The number of nitrogens with one attached hydrogen (secondary N) is 1. The largest absolute Gasteiger partial charge is 0.497 e. The molecule has 130 valence electrons. The molecule has 1 N–H and O–H groups in total. The molecule has 3 rings (SSSR count). The van der Waals surface area contributed by atoms with Crippen LogP contribution in [0.15, 0.2) is 47.0 Å². The number of methoxy groups -OCH3 is 1. The zero-order chi connectivity index (χ0) is 17.6. The smallest absolute Gasteiger partial charge is 0.226 e. The fraction of sp³-hybridized carbons (Fsp3) is 0.263. The molecule has 2 aromatic heterocycles. The van der Waals surface area contributed by atoms with Crippen molar-refractivity contribution in [3.63, 3.8) is 0 Å². The second kappa shape index (κ2) is 7.98. The van der Waals surface area contributed by atoms with E-state index in [1.54, 1.807) is 13.3 Å². The van der Waals surface area contributed by atoms with E-state index in [1.807, 2.05) is 43.3 Å². The van der Waals surface area contributed by atoms with Crippen molar-refractivity contribution in [3.05, 3.63) is 64.6 Å². The van der Waals surface area contributed by atoms with Gasteiger partial charge in [0.15, 0.2) is 5.13 Å². The zero-order valence-electron chi connectivity index (χ0n) is 14.2. The summed E-state index contributed by atoms with van der Waals surface area (Å²) >= 11 is 1.49. The molecule has 0 unspecified atom stereocenters. The molecule has 3 aromatic rings. The number of anilines is 1. The van der Waals surface area contributed by atoms with E-state index < -0.39 is 0 Å². The molecule has 0 aliphatic carbocycles. The highest BCUT2D eigenvalue weighted by atomic mass is 32.1. The maximum Gasteiger partial charge on any atom is 0.226 e. The zero-order valence-corrected chi connectivity index (χ0v) is 15.1. The van der Waals surface area contributed by atoms with Gasteiger partial charge in [0.25, 0.3) is 0 Å². The van der Waals surface area contributed by atoms with Gasteiger partial charge in [-0.15, -0.1) is 11.3 Å². The number of hydrogen-bond acceptors (Lipinski definition) is 5. The summed E-state index contributed by atoms with van der Waals surface area (Å²) in [6.45, 7) is 1.89. The van der Waals surface area contributed by atoms with Crippen molar-refractivity contribution in [1.29, 1.82) is 0 Å². The first-order valence-corrected chi connectivity index (χ1v) is 8.87. The van der Waals surface area contributed by atoms with E-state index in [2.05, 4.69) is 10.3 Å². The normalized spacial score (nSPS) is 10.6. The molecule has 6 heteroatoms. The predicted octanol–water partition coefficient (Wildman–Crippen LogP) is 4.22. The minimum absolute atomic E-state index is 0.0561. The van der Waals surface area contributed by atoms with Crippen LogP contribution in [0, 0.1) is 6.92 Å². The number of aromatic nitrogens is 1. The van der Waals surface area contributed by atoms with Crippen molar-refractivity contribution in [1.82, 2.24) is 4.98 Å². The van der Waals surface area contributed by atoms with Gasteiger partial charge >= 0.3 is 0 Å². The van der Waals surface area contributed by atoms with Crippen LogP contribution in [0.5, 0.6) is 5.75 Å². The lowest BCUT2D eigenvalue weighted by Crippen LogP contribution is -2.11. The van der Waals surface area contributed by atoms with Crippen LogP contribution >= 0.6 is 11.3 Å². The Morgan fingerprint density at radius 1 is 1.24 bits per heavy atom. The van der Waals surface area contributed by atoms with Crippen LogP contribution in [0.4, 0.5) is 5.13 Å². The van der Waals surface area contributed by atoms with Crippen LogP contribution in [-0.4, -0.2) is 18.0 Å². The number of hydrogen-bond donors (Lipinski definition) is 1. The molecule has 0 spiro atoms. The number of furan rings is 1. The lowest BCUT2D eigenvalue weighted by molar-refractivity contribution is -0.116. The summed E-state index contributed by atoms with van der Waals surface area (Å²) in [5, 5.41) is 3.48. The van der Waals surface area contributed by atoms with E-state index in [9.17, 15) is 4.79 Å². The first-order valence-electron chi connectivity index (χ1n) is 8.05. The Kier molecular flexibility index (Phi) is 5.50. The Balaban J connectivity index is 1.51. The van der Waals surface area contributed by atoms with Crippen LogP contribution < -0.4 is 10.1 Å². The van der Waals surface area contributed by atoms with Crippen molar-refractivity contribution in [2.24, 2.45) is 0 Å². The van der Waals surface area contributed by atoms with E-state index in [0.717, 1.165) is 28.6 Å². The van der Waals surface area contributed by atoms with E-state index in [1.165, 1.54) is 16.9 Å². The highest BCUT2D eigenvalue weighted by molar-refractivity contribution is 7.15. The third-order valence-corrected chi connectivity index (χ3v) is 4.64. The molecule has 0 bridgehead atoms. The summed E-state index contributed by atoms with van der Waals surface area (Å²) in [6, 6.07) is 11.7. The van der Waals surface area contributed by atoms with Crippen molar-refractivity contribution in [3.8, 4) is 5.75 Å². The number of carbonyl (C=O) groups is 1. The Morgan fingerprint density at radius 3 is 2.72 bits per heavy atom. The molecule has 1 amide bonds. The first-order chi connectivity index (χ1) is 12.1. The summed E-state index contributed by atoms with van der Waals surface area (Å²) in [6.07, 6.45) is 3.55. The Hall–Kier alpha value is -2.60. The molecular formula is C19H20N2O3S. The number of nitrogens with zero attached hydrogens (tertiary/aromatic N) is 1. The monoisotopic (exact) mass is 356 g/mol. The van der Waals surface area contributed by atoms with Crippen molar-refractivity contribution in [2.45, 2.75) is 26.2 Å². The standard InChI is InChI=1S/C19H20N2O3S/c1-13-3-6-16(24-13)9-10-18(22)21-19-20-12-17(25-19)11-14-4-7-15(23-2)8-5-14/h3-8,12H,9-11H2,1-2H3,(H,20,21,22). The molecule has 0 atom stereocenters. The van der Waals surface area contributed by atoms with Crippen molar-refractivity contribution < 1.29 is 13.9 Å². The van der Waals surface area contributed by atoms with Crippen LogP contribution in [-0.2, 0) is 17.6 Å². The van der Waals surface area contributed by atoms with Gasteiger partial charge < -0.3 is 14.5 Å². The van der Waals surface area contributed by atoms with E-state index in [0.29, 0.717) is 18.0 Å². The molecule has 0 saturated carbocycles. The average molecular weight is 356 g/mol. The van der Waals surface area contributed by atoms with Gasteiger partial charge in [0, 0.05) is 30.3 Å². The number of carbonyl (C=O) groups excluding carboxylic acids is 1. The number of thiazole rings is 1. The molecule has 25 heavy (non-hydrogen) atoms. The SMILES string of the molecule is COc1ccc(Cc2cnc(NC(=O)CCc3ccc(C)o3)s2)cc1. The lowest BCUT2D eigenvalue weighted by Gasteiger charge is -2.02. The van der Waals surface area contributed by atoms with Crippen molar-refractivity contribution >= 4 is 22.4 Å². The van der Waals surface area contributed by atoms with Gasteiger partial charge in [-0.3, -0.25) is 4.79 Å². The number of benzene rings is 1. The summed E-state index contributed by atoms with van der Waals surface area (Å²) in [4.78, 5) is 17.4. The van der Waals surface area contributed by atoms with Gasteiger partial charge in [0.1, 0.15) is 17.3 Å². The average Bonchev–Trinajstić information content (AvgIpc) is 3.22. The first kappa shape index (κ1) is 17.2. The predicted molar refractivity (Wildman–Crippen MR) is 98.3 cm³/mol. The fourth-order valence-electron chi connectivity index (χ4n) is 2.43. The van der Waals surface area contributed by atoms with E-state index in [-0.39, 0.29) is 5.91 Å². The summed E-state index contributed by atoms with van der Waals surface area (Å²) < 4.78 is 10.6. The van der Waals surface area contributed by atoms with Gasteiger partial charge in [-0.25, -0.2) is 4.98 Å². The van der Waals surface area contributed by atoms with Crippen LogP contribution in [0.1, 0.15) is 28.4 Å².